The highest BCUT2D eigenvalue weighted by molar-refractivity contribution is 9.10. The third kappa shape index (κ3) is 4.24. The lowest BCUT2D eigenvalue weighted by molar-refractivity contribution is -0.130. The predicted octanol–water partition coefficient (Wildman–Crippen LogP) is 6.30. The molecule has 6 nitrogen and oxygen atoms in total. The summed E-state index contributed by atoms with van der Waals surface area (Å²) >= 11 is 15.4. The Hall–Kier alpha value is -2.81. The van der Waals surface area contributed by atoms with Crippen LogP contribution in [-0.2, 0) is 4.79 Å². The molecule has 35 heavy (non-hydrogen) atoms. The minimum atomic E-state index is -1.15. The van der Waals surface area contributed by atoms with Gasteiger partial charge in [0.1, 0.15) is 5.92 Å². The van der Waals surface area contributed by atoms with Crippen LogP contribution in [0.2, 0.25) is 5.02 Å². The molecule has 0 radical (unpaired) electrons. The van der Waals surface area contributed by atoms with Crippen molar-refractivity contribution in [2.75, 3.05) is 16.8 Å². The van der Waals surface area contributed by atoms with E-state index in [9.17, 15) is 4.79 Å². The number of nitrogens with zero attached hydrogens (tertiary/aromatic N) is 1. The molecule has 0 unspecified atom stereocenters. The van der Waals surface area contributed by atoms with E-state index in [0.29, 0.717) is 33.9 Å². The smallest absolute Gasteiger partial charge is 0.236 e. The summed E-state index contributed by atoms with van der Waals surface area (Å²) in [7, 11) is 0. The molecule has 3 aromatic rings. The molecule has 2 heterocycles. The summed E-state index contributed by atoms with van der Waals surface area (Å²) in [6.45, 7) is 4.31. The first kappa shape index (κ1) is 23.9. The molecule has 0 spiro atoms. The molecule has 0 aliphatic carbocycles. The fourth-order valence-electron chi connectivity index (χ4n) is 4.80. The molecule has 3 aromatic carbocycles. The molecule has 9 heteroatoms. The van der Waals surface area contributed by atoms with E-state index in [-0.39, 0.29) is 5.91 Å². The van der Waals surface area contributed by atoms with Gasteiger partial charge in [0.25, 0.3) is 0 Å². The second-order valence-electron chi connectivity index (χ2n) is 8.48. The van der Waals surface area contributed by atoms with Crippen LogP contribution < -0.4 is 25.0 Å². The molecule has 180 valence electrons. The summed E-state index contributed by atoms with van der Waals surface area (Å²) in [6, 6.07) is 20.0. The molecule has 5 rings (SSSR count). The number of nitrogens with one attached hydrogen (secondary N) is 2. The number of carbonyl (C=O) groups is 1. The Kier molecular flexibility index (Phi) is 6.38. The number of carbonyl (C=O) groups excluding carboxylic acids is 1. The molecule has 1 amide bonds. The number of amides is 1. The van der Waals surface area contributed by atoms with Gasteiger partial charge >= 0.3 is 0 Å². The van der Waals surface area contributed by atoms with Gasteiger partial charge in [0.2, 0.25) is 5.91 Å². The maximum Gasteiger partial charge on any atom is 0.236 e. The van der Waals surface area contributed by atoms with Crippen LogP contribution in [0.5, 0.6) is 11.5 Å². The zero-order valence-electron chi connectivity index (χ0n) is 19.0. The number of hydrogen-bond acceptors (Lipinski definition) is 4. The minimum Gasteiger partial charge on any atom is -0.490 e. The molecule has 3 atom stereocenters. The highest BCUT2D eigenvalue weighted by atomic mass is 79.9. The van der Waals surface area contributed by atoms with Crippen LogP contribution in [0, 0.1) is 5.92 Å². The third-order valence-corrected chi connectivity index (χ3v) is 7.30. The Balaban J connectivity index is 1.64. The first-order valence-electron chi connectivity index (χ1n) is 11.2. The summed E-state index contributed by atoms with van der Waals surface area (Å²) in [5.41, 5.74) is 1.11. The lowest BCUT2D eigenvalue weighted by Gasteiger charge is -2.56. The number of fused-ring (bicyclic) bond motifs is 4. The Bertz CT molecular complexity index is 1310. The molecule has 2 bridgehead atoms. The van der Waals surface area contributed by atoms with Gasteiger partial charge in [-0.1, -0.05) is 45.7 Å². The molecular weight excluding hydrogens is 550 g/mol. The van der Waals surface area contributed by atoms with E-state index in [1.165, 1.54) is 0 Å². The van der Waals surface area contributed by atoms with Crippen LogP contribution in [0.15, 0.2) is 71.2 Å². The summed E-state index contributed by atoms with van der Waals surface area (Å²) < 4.78 is 13.5. The summed E-state index contributed by atoms with van der Waals surface area (Å²) in [5.74, 6) is 0.365. The van der Waals surface area contributed by atoms with E-state index in [0.717, 1.165) is 15.7 Å². The number of hydrogen-bond donors (Lipinski definition) is 2. The van der Waals surface area contributed by atoms with Crippen molar-refractivity contribution in [3.63, 3.8) is 0 Å². The second kappa shape index (κ2) is 9.33. The molecule has 2 N–H and O–H groups in total. The molecular formula is C26H23BrClN3O3S. The van der Waals surface area contributed by atoms with Gasteiger partial charge in [-0.05, 0) is 74.6 Å². The van der Waals surface area contributed by atoms with Crippen molar-refractivity contribution >= 4 is 62.1 Å². The standard InChI is InChI=1S/C26H23BrClN3O3S/c1-3-33-20-9-5-8-19-22-21(24(32)29-17-12-10-16(28)11-13-17)26(2,34-23(19)20)31(25(35)30-22)18-7-4-6-15(27)14-18/h4-14,21-22H,3H2,1-2H3,(H,29,32)(H,30,35)/t21-,22+,26+/m1/s1. The van der Waals surface area contributed by atoms with E-state index in [2.05, 4.69) is 26.6 Å². The molecule has 1 saturated heterocycles. The first-order valence-corrected chi connectivity index (χ1v) is 12.8. The number of thiocarbonyl (C=S) groups is 1. The number of benzene rings is 3. The Labute approximate surface area is 222 Å². The summed E-state index contributed by atoms with van der Waals surface area (Å²) in [6.07, 6.45) is 0. The van der Waals surface area contributed by atoms with Crippen molar-refractivity contribution in [3.8, 4) is 11.5 Å². The quantitative estimate of drug-likeness (QED) is 0.350. The van der Waals surface area contributed by atoms with Gasteiger partial charge in [0.15, 0.2) is 22.3 Å². The van der Waals surface area contributed by atoms with Crippen molar-refractivity contribution in [1.29, 1.82) is 0 Å². The number of anilines is 2. The normalized spacial score (nSPS) is 22.5. The van der Waals surface area contributed by atoms with E-state index >= 15 is 0 Å². The Morgan fingerprint density at radius 2 is 1.97 bits per heavy atom. The van der Waals surface area contributed by atoms with Gasteiger partial charge in [-0.2, -0.15) is 0 Å². The zero-order valence-corrected chi connectivity index (χ0v) is 22.2. The summed E-state index contributed by atoms with van der Waals surface area (Å²) in [4.78, 5) is 15.7. The Morgan fingerprint density at radius 3 is 2.69 bits per heavy atom. The minimum absolute atomic E-state index is 0.206. The van der Waals surface area contributed by atoms with Crippen LogP contribution in [0.25, 0.3) is 0 Å². The highest BCUT2D eigenvalue weighted by Crippen LogP contribution is 2.52. The number of rotatable bonds is 5. The van der Waals surface area contributed by atoms with Gasteiger partial charge in [-0.25, -0.2) is 0 Å². The fraction of sp³-hybridized carbons (Fsp3) is 0.231. The average molecular weight is 573 g/mol. The maximum atomic E-state index is 13.9. The largest absolute Gasteiger partial charge is 0.490 e. The lowest BCUT2D eigenvalue weighted by atomic mass is 9.78. The van der Waals surface area contributed by atoms with Crippen molar-refractivity contribution in [1.82, 2.24) is 5.32 Å². The van der Waals surface area contributed by atoms with Crippen LogP contribution in [0.3, 0.4) is 0 Å². The van der Waals surface area contributed by atoms with E-state index in [1.807, 2.05) is 61.2 Å². The van der Waals surface area contributed by atoms with E-state index in [4.69, 9.17) is 33.3 Å². The molecule has 0 aromatic heterocycles. The van der Waals surface area contributed by atoms with E-state index in [1.54, 1.807) is 24.3 Å². The topological polar surface area (TPSA) is 62.8 Å². The average Bonchev–Trinajstić information content (AvgIpc) is 2.81. The van der Waals surface area contributed by atoms with Crippen molar-refractivity contribution in [3.05, 3.63) is 81.8 Å². The van der Waals surface area contributed by atoms with Crippen LogP contribution in [-0.4, -0.2) is 23.4 Å². The highest BCUT2D eigenvalue weighted by Gasteiger charge is 2.59. The predicted molar refractivity (Wildman–Crippen MR) is 145 cm³/mol. The Morgan fingerprint density at radius 1 is 1.23 bits per heavy atom. The number of para-hydroxylation sites is 1. The van der Waals surface area contributed by atoms with Gasteiger partial charge in [-0.3, -0.25) is 9.69 Å². The monoisotopic (exact) mass is 571 g/mol. The number of halogens is 2. The van der Waals surface area contributed by atoms with Crippen LogP contribution in [0.4, 0.5) is 11.4 Å². The van der Waals surface area contributed by atoms with Gasteiger partial charge < -0.3 is 20.1 Å². The van der Waals surface area contributed by atoms with Gasteiger partial charge in [0, 0.05) is 26.4 Å². The maximum absolute atomic E-state index is 13.9. The molecule has 0 saturated carbocycles. The van der Waals surface area contributed by atoms with Crippen molar-refractivity contribution in [2.24, 2.45) is 5.92 Å². The van der Waals surface area contributed by atoms with Gasteiger partial charge in [-0.15, -0.1) is 0 Å². The zero-order chi connectivity index (χ0) is 24.7. The SMILES string of the molecule is CCOc1cccc2c1O[C@@]1(C)[C@@H](C(=O)Nc3ccc(Cl)cc3)[C@H]2NC(=S)N1c1cccc(Br)c1. The molecule has 1 fully saturated rings. The van der Waals surface area contributed by atoms with E-state index < -0.39 is 17.7 Å². The van der Waals surface area contributed by atoms with Crippen LogP contribution in [0.1, 0.15) is 25.5 Å². The lowest BCUT2D eigenvalue weighted by Crippen LogP contribution is -2.72. The first-order chi connectivity index (χ1) is 16.8. The van der Waals surface area contributed by atoms with Crippen molar-refractivity contribution < 1.29 is 14.3 Å². The number of ether oxygens (including phenoxy) is 2. The third-order valence-electron chi connectivity index (χ3n) is 6.25. The fourth-order valence-corrected chi connectivity index (χ4v) is 5.72. The van der Waals surface area contributed by atoms with Crippen LogP contribution >= 0.6 is 39.7 Å². The molecule has 2 aliphatic heterocycles. The second-order valence-corrected chi connectivity index (χ2v) is 10.2. The molecule has 2 aliphatic rings. The summed E-state index contributed by atoms with van der Waals surface area (Å²) in [5, 5.41) is 7.52. The van der Waals surface area contributed by atoms with Crippen molar-refractivity contribution in [2.45, 2.75) is 25.6 Å². The van der Waals surface area contributed by atoms with Gasteiger partial charge in [0.05, 0.1) is 12.6 Å².